The molecule has 4 aliphatic carbocycles. The van der Waals surface area contributed by atoms with Crippen LogP contribution in [-0.2, 0) is 10.8 Å². The number of benzene rings is 12. The molecule has 0 unspecified atom stereocenters. The lowest BCUT2D eigenvalue weighted by Gasteiger charge is -2.30. The van der Waals surface area contributed by atoms with E-state index in [2.05, 4.69) is 298 Å². The van der Waals surface area contributed by atoms with E-state index in [1.807, 2.05) is 0 Å². The Hall–Kier alpha value is -9.28. The van der Waals surface area contributed by atoms with Gasteiger partial charge in [-0.2, -0.15) is 0 Å². The van der Waals surface area contributed by atoms with E-state index in [1.54, 1.807) is 0 Å². The molecule has 358 valence electrons. The van der Waals surface area contributed by atoms with Crippen LogP contribution in [0.25, 0.3) is 99.5 Å². The summed E-state index contributed by atoms with van der Waals surface area (Å²) in [7, 11) is 0. The molecule has 0 atom stereocenters. The summed E-state index contributed by atoms with van der Waals surface area (Å²) in [5, 5.41) is 5.13. The van der Waals surface area contributed by atoms with Crippen LogP contribution in [0.3, 0.4) is 0 Å². The van der Waals surface area contributed by atoms with Gasteiger partial charge < -0.3 is 9.13 Å². The summed E-state index contributed by atoms with van der Waals surface area (Å²) in [6.07, 6.45) is 0. The van der Waals surface area contributed by atoms with E-state index in [4.69, 9.17) is 0 Å². The van der Waals surface area contributed by atoms with Crippen molar-refractivity contribution < 1.29 is 0 Å². The van der Waals surface area contributed by atoms with E-state index in [-0.39, 0.29) is 10.8 Å². The zero-order valence-electron chi connectivity index (χ0n) is 41.8. The van der Waals surface area contributed by atoms with Crippen molar-refractivity contribution in [2.75, 3.05) is 0 Å². The average molecular weight is 1040 g/mol. The summed E-state index contributed by atoms with van der Waals surface area (Å²) >= 11 is 3.75. The van der Waals surface area contributed by atoms with Crippen LogP contribution in [0.1, 0.15) is 44.5 Å². The molecule has 2 nitrogen and oxygen atoms in total. The second-order valence-electron chi connectivity index (χ2n) is 21.1. The molecule has 2 heterocycles. The largest absolute Gasteiger partial charge is 0.309 e. The summed E-state index contributed by atoms with van der Waals surface area (Å²) in [6.45, 7) is 0. The molecular weight excluding hydrogens is 997 g/mol. The van der Waals surface area contributed by atoms with E-state index in [0.29, 0.717) is 0 Å². The molecule has 4 aliphatic rings. The second kappa shape index (κ2) is 15.9. The van der Waals surface area contributed by atoms with Crippen LogP contribution in [0.5, 0.6) is 0 Å². The van der Waals surface area contributed by atoms with Crippen LogP contribution in [0.2, 0.25) is 0 Å². The molecule has 3 heteroatoms. The predicted octanol–water partition coefficient (Wildman–Crippen LogP) is 19.0. The molecule has 0 amide bonds. The molecule has 0 fully saturated rings. The minimum Gasteiger partial charge on any atom is -0.309 e. The summed E-state index contributed by atoms with van der Waals surface area (Å²) in [4.78, 5) is 0. The highest BCUT2D eigenvalue weighted by molar-refractivity contribution is 9.10. The van der Waals surface area contributed by atoms with Crippen molar-refractivity contribution in [3.05, 3.63) is 322 Å². The van der Waals surface area contributed by atoms with Gasteiger partial charge in [0.1, 0.15) is 0 Å². The first-order valence-electron chi connectivity index (χ1n) is 26.7. The highest BCUT2D eigenvalue weighted by Crippen LogP contribution is 2.66. The van der Waals surface area contributed by atoms with Crippen LogP contribution in [0.4, 0.5) is 0 Å². The number of aromatic nitrogens is 2. The van der Waals surface area contributed by atoms with Crippen LogP contribution in [-0.4, -0.2) is 9.13 Å². The molecule has 0 radical (unpaired) electrons. The Morgan fingerprint density at radius 2 is 0.584 bits per heavy atom. The maximum absolute atomic E-state index is 3.75. The third kappa shape index (κ3) is 5.44. The summed E-state index contributed by atoms with van der Waals surface area (Å²) < 4.78 is 6.04. The van der Waals surface area contributed by atoms with Gasteiger partial charge in [0, 0.05) is 48.5 Å². The number of fused-ring (bicyclic) bond motifs is 28. The Morgan fingerprint density at radius 3 is 1.03 bits per heavy atom. The standard InChI is InChI=1S/C37H22BrN.C37H23N/c38-23-18-21-34-29(22-23)27-19-20-33-35(36(27)39(34)24-10-2-1-3-11-24)28-14-6-9-17-32(28)37(33)30-15-7-4-12-25(30)26-13-5-8-16-31(26)37;1-2-12-24(13-3-1)38-34-21-11-7-16-27(34)28-22-23-33-35(36(28)38)29-17-6-10-20-32(29)37(33)30-18-8-4-14-25(30)26-15-5-9-19-31(26)37/h1-22H;1-23H. The zero-order chi connectivity index (χ0) is 50.6. The van der Waals surface area contributed by atoms with Gasteiger partial charge in [0.15, 0.2) is 0 Å². The van der Waals surface area contributed by atoms with Gasteiger partial charge in [0.2, 0.25) is 0 Å². The topological polar surface area (TPSA) is 9.86 Å². The van der Waals surface area contributed by atoms with E-state index in [0.717, 1.165) is 4.47 Å². The van der Waals surface area contributed by atoms with Crippen molar-refractivity contribution in [2.45, 2.75) is 10.8 Å². The molecule has 0 saturated carbocycles. The van der Waals surface area contributed by atoms with Gasteiger partial charge in [-0.05, 0) is 126 Å². The van der Waals surface area contributed by atoms with Gasteiger partial charge in [0.05, 0.1) is 32.9 Å². The van der Waals surface area contributed by atoms with Gasteiger partial charge in [-0.15, -0.1) is 0 Å². The Labute approximate surface area is 454 Å². The maximum Gasteiger partial charge on any atom is 0.0726 e. The first kappa shape index (κ1) is 43.0. The Morgan fingerprint density at radius 1 is 0.247 bits per heavy atom. The smallest absolute Gasteiger partial charge is 0.0726 e. The van der Waals surface area contributed by atoms with Crippen LogP contribution in [0.15, 0.2) is 277 Å². The Kier molecular flexibility index (Phi) is 8.87. The monoisotopic (exact) mass is 1040 g/mol. The number of hydrogen-bond donors (Lipinski definition) is 0. The fourth-order valence-electron chi connectivity index (χ4n) is 15.0. The van der Waals surface area contributed by atoms with Gasteiger partial charge in [-0.3, -0.25) is 0 Å². The van der Waals surface area contributed by atoms with E-state index < -0.39 is 0 Å². The molecule has 2 aromatic heterocycles. The molecule has 0 aliphatic heterocycles. The van der Waals surface area contributed by atoms with Gasteiger partial charge in [-0.1, -0.05) is 240 Å². The second-order valence-corrected chi connectivity index (χ2v) is 22.0. The van der Waals surface area contributed by atoms with Crippen molar-refractivity contribution in [3.8, 4) is 55.9 Å². The highest BCUT2D eigenvalue weighted by Gasteiger charge is 2.54. The van der Waals surface area contributed by atoms with Gasteiger partial charge >= 0.3 is 0 Å². The molecule has 14 aromatic rings. The number of rotatable bonds is 2. The summed E-state index contributed by atoms with van der Waals surface area (Å²) in [5.74, 6) is 0. The van der Waals surface area contributed by atoms with Crippen LogP contribution < -0.4 is 0 Å². The highest BCUT2D eigenvalue weighted by atomic mass is 79.9. The van der Waals surface area contributed by atoms with Gasteiger partial charge in [0.25, 0.3) is 0 Å². The molecular formula is C74H45BrN2. The third-order valence-electron chi connectivity index (χ3n) is 17.7. The summed E-state index contributed by atoms with van der Waals surface area (Å²) in [5.41, 5.74) is 28.5. The van der Waals surface area contributed by atoms with Crippen molar-refractivity contribution in [3.63, 3.8) is 0 Å². The number of halogens is 1. The molecule has 12 aromatic carbocycles. The lowest BCUT2D eigenvalue weighted by Crippen LogP contribution is -2.25. The van der Waals surface area contributed by atoms with Crippen LogP contribution >= 0.6 is 15.9 Å². The number of para-hydroxylation sites is 3. The molecule has 0 bridgehead atoms. The molecule has 18 rings (SSSR count). The quantitative estimate of drug-likeness (QED) is 0.163. The Bertz CT molecular complexity index is 4730. The maximum atomic E-state index is 3.75. The van der Waals surface area contributed by atoms with E-state index >= 15 is 0 Å². The van der Waals surface area contributed by atoms with E-state index in [1.165, 1.54) is 144 Å². The predicted molar refractivity (Wildman–Crippen MR) is 322 cm³/mol. The summed E-state index contributed by atoms with van der Waals surface area (Å²) in [6, 6.07) is 101. The molecule has 0 N–H and O–H groups in total. The van der Waals surface area contributed by atoms with Crippen molar-refractivity contribution in [1.29, 1.82) is 0 Å². The first-order chi connectivity index (χ1) is 38.2. The minimum absolute atomic E-state index is 0.328. The zero-order valence-corrected chi connectivity index (χ0v) is 43.3. The van der Waals surface area contributed by atoms with Crippen LogP contribution in [0, 0.1) is 0 Å². The molecule has 2 spiro atoms. The lowest BCUT2D eigenvalue weighted by atomic mass is 9.70. The molecule has 77 heavy (non-hydrogen) atoms. The molecule has 0 saturated heterocycles. The van der Waals surface area contributed by atoms with E-state index in [9.17, 15) is 0 Å². The number of hydrogen-bond acceptors (Lipinski definition) is 0. The SMILES string of the molecule is Brc1ccc2c(c1)c1ccc3c(c1n2-c1ccccc1)-c1ccccc1C31c2ccccc2-c2ccccc21.c1ccc(-n2c3ccccc3c3ccc4c(c32)-c2ccccc2C42c3ccccc3-c3ccccc32)cc1. The van der Waals surface area contributed by atoms with Gasteiger partial charge in [-0.25, -0.2) is 0 Å². The fraction of sp³-hybridized carbons (Fsp3) is 0.0270. The normalized spacial score (nSPS) is 14.0. The Balaban J connectivity index is 0.000000125. The number of nitrogens with zero attached hydrogens (tertiary/aromatic N) is 2. The lowest BCUT2D eigenvalue weighted by molar-refractivity contribution is 0.794. The first-order valence-corrected chi connectivity index (χ1v) is 27.5. The van der Waals surface area contributed by atoms with Crippen molar-refractivity contribution in [2.24, 2.45) is 0 Å². The minimum atomic E-state index is -0.341. The van der Waals surface area contributed by atoms with Crippen molar-refractivity contribution >= 4 is 59.5 Å². The average Bonchev–Trinajstić information content (AvgIpc) is 4.49. The fourth-order valence-corrected chi connectivity index (χ4v) is 15.3. The third-order valence-corrected chi connectivity index (χ3v) is 18.2. The van der Waals surface area contributed by atoms with Crippen molar-refractivity contribution in [1.82, 2.24) is 9.13 Å².